The average molecular weight is 402 g/mol. The highest BCUT2D eigenvalue weighted by Crippen LogP contribution is 2.27. The van der Waals surface area contributed by atoms with Gasteiger partial charge in [0.2, 0.25) is 0 Å². The maximum atomic E-state index is 6.21. The molecule has 2 nitrogen and oxygen atoms in total. The smallest absolute Gasteiger partial charge is 0.139 e. The van der Waals surface area contributed by atoms with Crippen molar-refractivity contribution in [2.75, 3.05) is 0 Å². The molecule has 2 atom stereocenters. The number of benzene rings is 2. The molecule has 2 aromatic rings. The van der Waals surface area contributed by atoms with Crippen LogP contribution in [0.3, 0.4) is 0 Å². The molecule has 0 spiro atoms. The van der Waals surface area contributed by atoms with E-state index in [1.807, 2.05) is 48.5 Å². The molecule has 106 valence electrons. The fourth-order valence-corrected chi connectivity index (χ4v) is 2.52. The second kappa shape index (κ2) is 7.29. The standard InChI is InChI=1S/C16H17ClINO/c1-2-15(19)16(11-4-3-5-12(17)10-11)20-14-8-6-13(18)7-9-14/h3-10,15-16H,2,19H2,1H3. The van der Waals surface area contributed by atoms with E-state index in [9.17, 15) is 0 Å². The van der Waals surface area contributed by atoms with E-state index in [1.165, 1.54) is 3.57 Å². The van der Waals surface area contributed by atoms with Gasteiger partial charge in [-0.05, 0) is 71.0 Å². The Morgan fingerprint density at radius 3 is 2.50 bits per heavy atom. The Bertz CT molecular complexity index is 559. The van der Waals surface area contributed by atoms with Gasteiger partial charge in [-0.3, -0.25) is 0 Å². The summed E-state index contributed by atoms with van der Waals surface area (Å²) in [5.41, 5.74) is 7.21. The van der Waals surface area contributed by atoms with Crippen LogP contribution in [0, 0.1) is 3.57 Å². The summed E-state index contributed by atoms with van der Waals surface area (Å²) in [5, 5.41) is 0.696. The molecule has 20 heavy (non-hydrogen) atoms. The molecule has 0 aliphatic heterocycles. The number of hydrogen-bond donors (Lipinski definition) is 1. The van der Waals surface area contributed by atoms with Crippen LogP contribution in [0.1, 0.15) is 25.0 Å². The van der Waals surface area contributed by atoms with E-state index in [-0.39, 0.29) is 12.1 Å². The van der Waals surface area contributed by atoms with Gasteiger partial charge in [0.1, 0.15) is 11.9 Å². The second-order valence-electron chi connectivity index (χ2n) is 4.62. The lowest BCUT2D eigenvalue weighted by Gasteiger charge is -2.25. The quantitative estimate of drug-likeness (QED) is 0.730. The van der Waals surface area contributed by atoms with Crippen molar-refractivity contribution in [3.63, 3.8) is 0 Å². The Kier molecular flexibility index (Phi) is 5.69. The van der Waals surface area contributed by atoms with E-state index in [0.717, 1.165) is 17.7 Å². The first-order valence-electron chi connectivity index (χ1n) is 6.53. The third-order valence-corrected chi connectivity index (χ3v) is 4.07. The first kappa shape index (κ1) is 15.6. The molecule has 0 fully saturated rings. The summed E-state index contributed by atoms with van der Waals surface area (Å²) in [6.45, 7) is 2.06. The second-order valence-corrected chi connectivity index (χ2v) is 6.30. The molecule has 0 radical (unpaired) electrons. The van der Waals surface area contributed by atoms with Gasteiger partial charge in [0.15, 0.2) is 0 Å². The fourth-order valence-electron chi connectivity index (χ4n) is 1.96. The molecule has 0 bridgehead atoms. The highest BCUT2D eigenvalue weighted by atomic mass is 127. The van der Waals surface area contributed by atoms with Gasteiger partial charge in [-0.25, -0.2) is 0 Å². The van der Waals surface area contributed by atoms with Gasteiger partial charge in [0.05, 0.1) is 0 Å². The molecular formula is C16H17ClINO. The topological polar surface area (TPSA) is 35.2 Å². The van der Waals surface area contributed by atoms with Crippen LogP contribution in [0.4, 0.5) is 0 Å². The minimum atomic E-state index is -0.196. The maximum absolute atomic E-state index is 6.21. The summed E-state index contributed by atoms with van der Waals surface area (Å²) in [7, 11) is 0. The summed E-state index contributed by atoms with van der Waals surface area (Å²) in [6.07, 6.45) is 0.639. The highest BCUT2D eigenvalue weighted by molar-refractivity contribution is 14.1. The van der Waals surface area contributed by atoms with E-state index in [1.54, 1.807) is 0 Å². The van der Waals surface area contributed by atoms with Gasteiger partial charge in [-0.1, -0.05) is 30.7 Å². The van der Waals surface area contributed by atoms with E-state index >= 15 is 0 Å². The molecule has 0 aliphatic carbocycles. The normalized spacial score (nSPS) is 13.8. The maximum Gasteiger partial charge on any atom is 0.139 e. The summed E-state index contributed by atoms with van der Waals surface area (Å²) < 4.78 is 7.25. The number of rotatable bonds is 5. The van der Waals surface area contributed by atoms with Crippen molar-refractivity contribution < 1.29 is 4.74 Å². The number of halogens is 2. The third-order valence-electron chi connectivity index (χ3n) is 3.11. The van der Waals surface area contributed by atoms with E-state index in [0.29, 0.717) is 5.02 Å². The Hall–Kier alpha value is -0.780. The van der Waals surface area contributed by atoms with Crippen molar-refractivity contribution >= 4 is 34.2 Å². The highest BCUT2D eigenvalue weighted by Gasteiger charge is 2.20. The largest absolute Gasteiger partial charge is 0.484 e. The van der Waals surface area contributed by atoms with E-state index in [2.05, 4.69) is 29.5 Å². The van der Waals surface area contributed by atoms with Crippen LogP contribution < -0.4 is 10.5 Å². The summed E-state index contributed by atoms with van der Waals surface area (Å²) in [5.74, 6) is 0.819. The zero-order valence-corrected chi connectivity index (χ0v) is 14.1. The van der Waals surface area contributed by atoms with E-state index in [4.69, 9.17) is 22.1 Å². The van der Waals surface area contributed by atoms with Crippen molar-refractivity contribution in [2.45, 2.75) is 25.5 Å². The molecule has 0 aromatic heterocycles. The van der Waals surface area contributed by atoms with Crippen molar-refractivity contribution in [1.82, 2.24) is 0 Å². The van der Waals surface area contributed by atoms with Crippen molar-refractivity contribution in [3.05, 3.63) is 62.7 Å². The van der Waals surface area contributed by atoms with Crippen LogP contribution in [0.15, 0.2) is 48.5 Å². The molecular weight excluding hydrogens is 385 g/mol. The molecule has 0 aliphatic rings. The third kappa shape index (κ3) is 4.11. The zero-order valence-electron chi connectivity index (χ0n) is 11.2. The van der Waals surface area contributed by atoms with Crippen molar-refractivity contribution in [3.8, 4) is 5.75 Å². The lowest BCUT2D eigenvalue weighted by Crippen LogP contribution is -2.31. The monoisotopic (exact) mass is 401 g/mol. The molecule has 2 N–H and O–H groups in total. The molecule has 2 aromatic carbocycles. The van der Waals surface area contributed by atoms with Crippen molar-refractivity contribution in [2.24, 2.45) is 5.73 Å². The predicted molar refractivity (Wildman–Crippen MR) is 92.2 cm³/mol. The first-order valence-corrected chi connectivity index (χ1v) is 7.99. The first-order chi connectivity index (χ1) is 9.60. The van der Waals surface area contributed by atoms with Crippen molar-refractivity contribution in [1.29, 1.82) is 0 Å². The molecule has 2 unspecified atom stereocenters. The van der Waals surface area contributed by atoms with Gasteiger partial charge in [-0.15, -0.1) is 0 Å². The molecule has 0 heterocycles. The molecule has 2 rings (SSSR count). The summed E-state index contributed by atoms with van der Waals surface area (Å²) in [4.78, 5) is 0. The van der Waals surface area contributed by atoms with Crippen LogP contribution in [0.5, 0.6) is 5.75 Å². The van der Waals surface area contributed by atoms with Gasteiger partial charge < -0.3 is 10.5 Å². The van der Waals surface area contributed by atoms with Crippen LogP contribution in [-0.2, 0) is 0 Å². The fraction of sp³-hybridized carbons (Fsp3) is 0.250. The Morgan fingerprint density at radius 1 is 1.20 bits per heavy atom. The Balaban J connectivity index is 2.26. The average Bonchev–Trinajstić information content (AvgIpc) is 2.46. The number of hydrogen-bond acceptors (Lipinski definition) is 2. The minimum Gasteiger partial charge on any atom is -0.484 e. The van der Waals surface area contributed by atoms with Gasteiger partial charge >= 0.3 is 0 Å². The Morgan fingerprint density at radius 2 is 1.90 bits per heavy atom. The van der Waals surface area contributed by atoms with Gasteiger partial charge in [0.25, 0.3) is 0 Å². The number of ether oxygens (including phenoxy) is 1. The lowest BCUT2D eigenvalue weighted by atomic mass is 10.0. The zero-order chi connectivity index (χ0) is 14.5. The van der Waals surface area contributed by atoms with Gasteiger partial charge in [-0.2, -0.15) is 0 Å². The minimum absolute atomic E-state index is 0.0762. The Labute approximate surface area is 138 Å². The van der Waals surface area contributed by atoms with E-state index < -0.39 is 0 Å². The van der Waals surface area contributed by atoms with Crippen LogP contribution in [0.2, 0.25) is 5.02 Å². The molecule has 4 heteroatoms. The number of nitrogens with two attached hydrogens (primary N) is 1. The summed E-state index contributed by atoms with van der Waals surface area (Å²) in [6, 6.07) is 15.6. The predicted octanol–water partition coefficient (Wildman–Crippen LogP) is 4.80. The SMILES string of the molecule is CCC(N)C(Oc1ccc(I)cc1)c1cccc(Cl)c1. The molecule has 0 saturated heterocycles. The summed E-state index contributed by atoms with van der Waals surface area (Å²) >= 11 is 8.33. The molecule has 0 amide bonds. The van der Waals surface area contributed by atoms with Crippen LogP contribution in [-0.4, -0.2) is 6.04 Å². The van der Waals surface area contributed by atoms with Gasteiger partial charge in [0, 0.05) is 14.6 Å². The molecule has 0 saturated carbocycles. The van der Waals surface area contributed by atoms with Crippen LogP contribution >= 0.6 is 34.2 Å². The lowest BCUT2D eigenvalue weighted by molar-refractivity contribution is 0.171. The van der Waals surface area contributed by atoms with Crippen LogP contribution in [0.25, 0.3) is 0 Å².